The van der Waals surface area contributed by atoms with Gasteiger partial charge in [0, 0.05) is 26.7 Å². The fraction of sp³-hybridized carbons (Fsp3) is 0.875. The minimum atomic E-state index is 0.408. The lowest BCUT2D eigenvalue weighted by Crippen LogP contribution is -2.42. The topological polar surface area (TPSA) is 72.9 Å². The van der Waals surface area contributed by atoms with Crippen LogP contribution in [0.5, 0.6) is 0 Å². The van der Waals surface area contributed by atoms with Crippen molar-refractivity contribution in [2.45, 2.75) is 18.9 Å². The Kier molecular flexibility index (Phi) is 2.37. The van der Waals surface area contributed by atoms with Crippen LogP contribution in [0, 0.1) is 5.92 Å². The highest BCUT2D eigenvalue weighted by atomic mass is 15.6. The SMILES string of the molecule is CN(CC1CC(N)C1)c1nnnn1C. The molecule has 1 fully saturated rings. The summed E-state index contributed by atoms with van der Waals surface area (Å²) < 4.78 is 1.68. The van der Waals surface area contributed by atoms with Crippen molar-refractivity contribution in [2.75, 3.05) is 18.5 Å². The molecule has 1 saturated carbocycles. The summed E-state index contributed by atoms with van der Waals surface area (Å²) in [5.74, 6) is 1.51. The molecule has 0 bridgehead atoms. The Labute approximate surface area is 83.1 Å². The summed E-state index contributed by atoms with van der Waals surface area (Å²) in [6, 6.07) is 0.408. The molecule has 0 spiro atoms. The van der Waals surface area contributed by atoms with E-state index in [1.807, 2.05) is 14.1 Å². The summed E-state index contributed by atoms with van der Waals surface area (Å²) in [6.07, 6.45) is 2.24. The summed E-state index contributed by atoms with van der Waals surface area (Å²) in [6.45, 7) is 0.988. The molecule has 0 atom stereocenters. The summed E-state index contributed by atoms with van der Waals surface area (Å²) in [5.41, 5.74) is 5.73. The van der Waals surface area contributed by atoms with Crippen LogP contribution in [0.1, 0.15) is 12.8 Å². The van der Waals surface area contributed by atoms with Gasteiger partial charge in [0.2, 0.25) is 5.95 Å². The normalized spacial score (nSPS) is 25.9. The lowest BCUT2D eigenvalue weighted by Gasteiger charge is -2.35. The fourth-order valence-corrected chi connectivity index (χ4v) is 1.95. The molecule has 0 aliphatic heterocycles. The smallest absolute Gasteiger partial charge is 0.245 e. The Morgan fingerprint density at radius 2 is 2.29 bits per heavy atom. The van der Waals surface area contributed by atoms with Crippen LogP contribution in [0.15, 0.2) is 0 Å². The van der Waals surface area contributed by atoms with Crippen molar-refractivity contribution in [3.05, 3.63) is 0 Å². The molecule has 1 aliphatic rings. The monoisotopic (exact) mass is 196 g/mol. The van der Waals surface area contributed by atoms with Gasteiger partial charge in [-0.2, -0.15) is 0 Å². The highest BCUT2D eigenvalue weighted by Crippen LogP contribution is 2.26. The Morgan fingerprint density at radius 1 is 1.57 bits per heavy atom. The zero-order chi connectivity index (χ0) is 10.1. The molecule has 1 aromatic rings. The molecular weight excluding hydrogens is 180 g/mol. The van der Waals surface area contributed by atoms with Gasteiger partial charge in [0.05, 0.1) is 0 Å². The maximum absolute atomic E-state index is 5.73. The predicted molar refractivity (Wildman–Crippen MR) is 52.8 cm³/mol. The van der Waals surface area contributed by atoms with Gasteiger partial charge in [0.15, 0.2) is 0 Å². The number of aromatic nitrogens is 4. The van der Waals surface area contributed by atoms with E-state index in [2.05, 4.69) is 20.4 Å². The molecule has 78 valence electrons. The summed E-state index contributed by atoms with van der Waals surface area (Å²) in [5, 5.41) is 11.3. The number of rotatable bonds is 3. The largest absolute Gasteiger partial charge is 0.342 e. The predicted octanol–water partition coefficient (Wildman–Crippen LogP) is -0.616. The first-order valence-electron chi connectivity index (χ1n) is 4.86. The Bertz CT molecular complexity index is 303. The maximum atomic E-state index is 5.73. The van der Waals surface area contributed by atoms with E-state index in [1.54, 1.807) is 4.68 Å². The molecule has 1 heterocycles. The van der Waals surface area contributed by atoms with Crippen molar-refractivity contribution in [1.82, 2.24) is 20.2 Å². The highest BCUT2D eigenvalue weighted by Gasteiger charge is 2.27. The van der Waals surface area contributed by atoms with Gasteiger partial charge < -0.3 is 10.6 Å². The third-order valence-electron chi connectivity index (χ3n) is 2.74. The van der Waals surface area contributed by atoms with Gasteiger partial charge in [0.1, 0.15) is 0 Å². The van der Waals surface area contributed by atoms with E-state index in [1.165, 1.54) is 0 Å². The first-order chi connectivity index (χ1) is 6.66. The van der Waals surface area contributed by atoms with Crippen molar-refractivity contribution in [1.29, 1.82) is 0 Å². The third kappa shape index (κ3) is 1.70. The van der Waals surface area contributed by atoms with Gasteiger partial charge in [0.25, 0.3) is 0 Å². The van der Waals surface area contributed by atoms with Crippen molar-refractivity contribution in [3.63, 3.8) is 0 Å². The molecule has 1 aliphatic carbocycles. The van der Waals surface area contributed by atoms with E-state index in [9.17, 15) is 0 Å². The van der Waals surface area contributed by atoms with Gasteiger partial charge in [-0.25, -0.2) is 4.68 Å². The van der Waals surface area contributed by atoms with Crippen LogP contribution in [0.2, 0.25) is 0 Å². The van der Waals surface area contributed by atoms with E-state index < -0.39 is 0 Å². The van der Waals surface area contributed by atoms with E-state index >= 15 is 0 Å². The van der Waals surface area contributed by atoms with Crippen LogP contribution in [0.4, 0.5) is 5.95 Å². The second-order valence-electron chi connectivity index (χ2n) is 4.08. The van der Waals surface area contributed by atoms with Crippen molar-refractivity contribution >= 4 is 5.95 Å². The van der Waals surface area contributed by atoms with E-state index in [-0.39, 0.29) is 0 Å². The first kappa shape index (κ1) is 9.39. The maximum Gasteiger partial charge on any atom is 0.245 e. The van der Waals surface area contributed by atoms with Crippen molar-refractivity contribution < 1.29 is 0 Å². The zero-order valence-corrected chi connectivity index (χ0v) is 8.59. The molecule has 0 unspecified atom stereocenters. The summed E-state index contributed by atoms with van der Waals surface area (Å²) >= 11 is 0. The van der Waals surface area contributed by atoms with Crippen LogP contribution in [0.25, 0.3) is 0 Å². The summed E-state index contributed by atoms with van der Waals surface area (Å²) in [7, 11) is 3.86. The average molecular weight is 196 g/mol. The molecule has 0 aromatic carbocycles. The van der Waals surface area contributed by atoms with E-state index in [4.69, 9.17) is 5.73 Å². The van der Waals surface area contributed by atoms with Crippen LogP contribution >= 0.6 is 0 Å². The van der Waals surface area contributed by atoms with Crippen LogP contribution in [0.3, 0.4) is 0 Å². The third-order valence-corrected chi connectivity index (χ3v) is 2.74. The summed E-state index contributed by atoms with van der Waals surface area (Å²) in [4.78, 5) is 2.08. The Hall–Kier alpha value is -1.17. The Morgan fingerprint density at radius 3 is 2.79 bits per heavy atom. The van der Waals surface area contributed by atoms with Crippen molar-refractivity contribution in [2.24, 2.45) is 18.7 Å². The minimum absolute atomic E-state index is 0.408. The molecule has 2 rings (SSSR count). The molecule has 0 saturated heterocycles. The highest BCUT2D eigenvalue weighted by molar-refractivity contribution is 5.25. The van der Waals surface area contributed by atoms with E-state index in [0.717, 1.165) is 25.3 Å². The second-order valence-corrected chi connectivity index (χ2v) is 4.08. The molecular formula is C8H16N6. The van der Waals surface area contributed by atoms with Gasteiger partial charge in [-0.05, 0) is 29.2 Å². The van der Waals surface area contributed by atoms with Crippen LogP contribution < -0.4 is 10.6 Å². The van der Waals surface area contributed by atoms with Crippen LogP contribution in [-0.4, -0.2) is 39.8 Å². The van der Waals surface area contributed by atoms with Crippen LogP contribution in [-0.2, 0) is 7.05 Å². The number of hydrogen-bond acceptors (Lipinski definition) is 5. The standard InChI is InChI=1S/C8H16N6/c1-13(5-6-3-7(9)4-6)8-10-11-12-14(8)2/h6-7H,3-5,9H2,1-2H3. The number of tetrazole rings is 1. The lowest BCUT2D eigenvalue weighted by atomic mass is 9.81. The molecule has 6 heteroatoms. The van der Waals surface area contributed by atoms with Crippen molar-refractivity contribution in [3.8, 4) is 0 Å². The minimum Gasteiger partial charge on any atom is -0.342 e. The van der Waals surface area contributed by atoms with Gasteiger partial charge in [-0.1, -0.05) is 5.10 Å². The molecule has 0 radical (unpaired) electrons. The first-order valence-corrected chi connectivity index (χ1v) is 4.86. The molecule has 0 amide bonds. The number of nitrogens with zero attached hydrogens (tertiary/aromatic N) is 5. The second kappa shape index (κ2) is 3.53. The lowest BCUT2D eigenvalue weighted by molar-refractivity contribution is 0.270. The van der Waals surface area contributed by atoms with Gasteiger partial charge in [-0.3, -0.25) is 0 Å². The van der Waals surface area contributed by atoms with Gasteiger partial charge in [-0.15, -0.1) is 0 Å². The molecule has 2 N–H and O–H groups in total. The molecule has 6 nitrogen and oxygen atoms in total. The number of hydrogen-bond donors (Lipinski definition) is 1. The van der Waals surface area contributed by atoms with Gasteiger partial charge >= 0.3 is 0 Å². The Balaban J connectivity index is 1.90. The number of nitrogens with two attached hydrogens (primary N) is 1. The molecule has 1 aromatic heterocycles. The zero-order valence-electron chi connectivity index (χ0n) is 8.59. The van der Waals surface area contributed by atoms with E-state index in [0.29, 0.717) is 12.0 Å². The molecule has 14 heavy (non-hydrogen) atoms. The number of anilines is 1. The number of aryl methyl sites for hydroxylation is 1. The quantitative estimate of drug-likeness (QED) is 0.697. The average Bonchev–Trinajstić information content (AvgIpc) is 2.48. The fourth-order valence-electron chi connectivity index (χ4n) is 1.95.